The number of amides is 1. The third-order valence-electron chi connectivity index (χ3n) is 3.81. The Morgan fingerprint density at radius 2 is 2.05 bits per heavy atom. The van der Waals surface area contributed by atoms with Crippen LogP contribution in [0.15, 0.2) is 0 Å². The summed E-state index contributed by atoms with van der Waals surface area (Å²) in [6.07, 6.45) is 1.53. The Hall–Kier alpha value is -1.14. The van der Waals surface area contributed by atoms with Crippen LogP contribution in [-0.2, 0) is 14.3 Å². The van der Waals surface area contributed by atoms with Gasteiger partial charge in [0.25, 0.3) is 0 Å². The fourth-order valence-corrected chi connectivity index (χ4v) is 3.01. The van der Waals surface area contributed by atoms with Crippen LogP contribution in [0.2, 0.25) is 0 Å². The molecule has 0 saturated carbocycles. The van der Waals surface area contributed by atoms with Crippen molar-refractivity contribution < 1.29 is 19.4 Å². The molecule has 0 unspecified atom stereocenters. The molecule has 0 bridgehead atoms. The molecule has 2 atom stereocenters. The van der Waals surface area contributed by atoms with Crippen LogP contribution in [0.3, 0.4) is 0 Å². The smallest absolute Gasteiger partial charge is 0.317 e. The molecule has 1 rings (SSSR count). The van der Waals surface area contributed by atoms with Crippen molar-refractivity contribution in [1.82, 2.24) is 9.80 Å². The average Bonchev–Trinajstić information content (AvgIpc) is 2.36. The number of carbonyl (C=O) groups excluding carboxylic acids is 1. The molecule has 6 heteroatoms. The maximum absolute atomic E-state index is 12.4. The topological polar surface area (TPSA) is 70.1 Å². The van der Waals surface area contributed by atoms with E-state index in [1.54, 1.807) is 11.9 Å². The first kappa shape index (κ1) is 18.9. The molecule has 1 fully saturated rings. The molecular formula is C16H30N2O4. The molecule has 0 aromatic heterocycles. The number of hydrogen-bond acceptors (Lipinski definition) is 4. The highest BCUT2D eigenvalue weighted by Gasteiger charge is 2.26. The van der Waals surface area contributed by atoms with E-state index in [1.165, 1.54) is 0 Å². The first-order valence-electron chi connectivity index (χ1n) is 8.07. The lowest BCUT2D eigenvalue weighted by atomic mass is 9.95. The second-order valence-electron chi connectivity index (χ2n) is 6.86. The quantitative estimate of drug-likeness (QED) is 0.731. The zero-order chi connectivity index (χ0) is 16.7. The molecule has 1 amide bonds. The summed E-state index contributed by atoms with van der Waals surface area (Å²) in [4.78, 5) is 26.6. The molecule has 1 N–H and O–H groups in total. The number of likely N-dealkylation sites (N-methyl/N-ethyl adjacent to an activating group) is 1. The Morgan fingerprint density at radius 3 is 2.64 bits per heavy atom. The zero-order valence-electron chi connectivity index (χ0n) is 14.2. The Morgan fingerprint density at radius 1 is 1.36 bits per heavy atom. The summed E-state index contributed by atoms with van der Waals surface area (Å²) in [6, 6.07) is 0. The molecule has 1 aliphatic heterocycles. The standard InChI is InChI=1S/C16H30N2O4/c1-12(2)7-13(3)8-15(19)18-5-6-22-14(10-18)9-17(4)11-16(20)21/h12-14H,5-11H2,1-4H3,(H,20,21)/t13-,14-/m1/s1. The van der Waals surface area contributed by atoms with Gasteiger partial charge in [0.2, 0.25) is 5.91 Å². The highest BCUT2D eigenvalue weighted by molar-refractivity contribution is 5.76. The van der Waals surface area contributed by atoms with Crippen LogP contribution in [0.5, 0.6) is 0 Å². The van der Waals surface area contributed by atoms with Gasteiger partial charge >= 0.3 is 5.97 Å². The molecule has 6 nitrogen and oxygen atoms in total. The van der Waals surface area contributed by atoms with E-state index in [0.717, 1.165) is 6.42 Å². The van der Waals surface area contributed by atoms with Crippen LogP contribution in [0, 0.1) is 11.8 Å². The summed E-state index contributed by atoms with van der Waals surface area (Å²) < 4.78 is 5.65. The summed E-state index contributed by atoms with van der Waals surface area (Å²) in [5, 5.41) is 8.78. The third-order valence-corrected chi connectivity index (χ3v) is 3.81. The van der Waals surface area contributed by atoms with Gasteiger partial charge in [0.1, 0.15) is 0 Å². The fraction of sp³-hybridized carbons (Fsp3) is 0.875. The van der Waals surface area contributed by atoms with Crippen molar-refractivity contribution in [3.05, 3.63) is 0 Å². The van der Waals surface area contributed by atoms with Gasteiger partial charge in [-0.05, 0) is 25.3 Å². The minimum absolute atomic E-state index is 0.0147. The van der Waals surface area contributed by atoms with E-state index < -0.39 is 5.97 Å². The molecule has 0 aromatic rings. The lowest BCUT2D eigenvalue weighted by Gasteiger charge is -2.35. The van der Waals surface area contributed by atoms with Crippen LogP contribution >= 0.6 is 0 Å². The first-order valence-corrected chi connectivity index (χ1v) is 8.07. The second-order valence-corrected chi connectivity index (χ2v) is 6.86. The Kier molecular flexibility index (Phi) is 7.82. The SMILES string of the molecule is CC(C)C[C@@H](C)CC(=O)N1CCO[C@H](CN(C)CC(=O)O)C1. The lowest BCUT2D eigenvalue weighted by molar-refractivity contribution is -0.143. The summed E-state index contributed by atoms with van der Waals surface area (Å²) in [7, 11) is 1.75. The number of aliphatic carboxylic acids is 1. The molecule has 1 aliphatic rings. The van der Waals surface area contributed by atoms with E-state index in [1.807, 2.05) is 4.90 Å². The van der Waals surface area contributed by atoms with Gasteiger partial charge in [-0.15, -0.1) is 0 Å². The van der Waals surface area contributed by atoms with Crippen molar-refractivity contribution in [2.75, 3.05) is 39.8 Å². The minimum Gasteiger partial charge on any atom is -0.480 e. The number of carboxylic acids is 1. The number of rotatable bonds is 8. The highest BCUT2D eigenvalue weighted by atomic mass is 16.5. The molecule has 1 saturated heterocycles. The lowest BCUT2D eigenvalue weighted by Crippen LogP contribution is -2.49. The predicted octanol–water partition coefficient (Wildman–Crippen LogP) is 1.30. The predicted molar refractivity (Wildman–Crippen MR) is 84.7 cm³/mol. The number of nitrogens with zero attached hydrogens (tertiary/aromatic N) is 2. The van der Waals surface area contributed by atoms with Gasteiger partial charge in [-0.1, -0.05) is 20.8 Å². The van der Waals surface area contributed by atoms with Crippen molar-refractivity contribution in [1.29, 1.82) is 0 Å². The van der Waals surface area contributed by atoms with Crippen LogP contribution in [0.25, 0.3) is 0 Å². The maximum Gasteiger partial charge on any atom is 0.317 e. The van der Waals surface area contributed by atoms with Crippen molar-refractivity contribution in [3.63, 3.8) is 0 Å². The number of carboxylic acid groups (broad SMARTS) is 1. The molecule has 0 spiro atoms. The Labute approximate surface area is 133 Å². The van der Waals surface area contributed by atoms with Gasteiger partial charge in [-0.3, -0.25) is 14.5 Å². The number of hydrogen-bond donors (Lipinski definition) is 1. The summed E-state index contributed by atoms with van der Waals surface area (Å²) in [5.41, 5.74) is 0. The van der Waals surface area contributed by atoms with Gasteiger partial charge in [0, 0.05) is 26.1 Å². The Balaban J connectivity index is 2.41. The number of morpholine rings is 1. The van der Waals surface area contributed by atoms with Gasteiger partial charge in [0.05, 0.1) is 19.3 Å². The largest absolute Gasteiger partial charge is 0.480 e. The third kappa shape index (κ3) is 7.22. The molecular weight excluding hydrogens is 284 g/mol. The molecule has 0 aromatic carbocycles. The summed E-state index contributed by atoms with van der Waals surface area (Å²) >= 11 is 0. The molecule has 0 radical (unpaired) electrons. The number of ether oxygens (including phenoxy) is 1. The van der Waals surface area contributed by atoms with E-state index in [2.05, 4.69) is 20.8 Å². The summed E-state index contributed by atoms with van der Waals surface area (Å²) in [6.45, 7) is 8.68. The van der Waals surface area contributed by atoms with Crippen LogP contribution in [-0.4, -0.2) is 72.7 Å². The first-order chi connectivity index (χ1) is 10.3. The summed E-state index contributed by atoms with van der Waals surface area (Å²) in [5.74, 6) is 0.324. The van der Waals surface area contributed by atoms with Gasteiger partial charge in [0.15, 0.2) is 0 Å². The van der Waals surface area contributed by atoms with Crippen LogP contribution in [0.1, 0.15) is 33.6 Å². The molecule has 1 heterocycles. The van der Waals surface area contributed by atoms with Crippen LogP contribution in [0.4, 0.5) is 0 Å². The maximum atomic E-state index is 12.4. The second kappa shape index (κ2) is 9.10. The van der Waals surface area contributed by atoms with Crippen LogP contribution < -0.4 is 0 Å². The van der Waals surface area contributed by atoms with Crippen molar-refractivity contribution in [2.45, 2.75) is 39.7 Å². The van der Waals surface area contributed by atoms with Crippen molar-refractivity contribution in [3.8, 4) is 0 Å². The molecule has 22 heavy (non-hydrogen) atoms. The molecule has 128 valence electrons. The van der Waals surface area contributed by atoms with E-state index in [0.29, 0.717) is 44.5 Å². The fourth-order valence-electron chi connectivity index (χ4n) is 3.01. The van der Waals surface area contributed by atoms with Gasteiger partial charge in [-0.2, -0.15) is 0 Å². The van der Waals surface area contributed by atoms with E-state index in [9.17, 15) is 9.59 Å². The van der Waals surface area contributed by atoms with Gasteiger partial charge < -0.3 is 14.7 Å². The normalized spacial score (nSPS) is 20.5. The van der Waals surface area contributed by atoms with E-state index in [4.69, 9.17) is 9.84 Å². The zero-order valence-corrected chi connectivity index (χ0v) is 14.2. The monoisotopic (exact) mass is 314 g/mol. The van der Waals surface area contributed by atoms with E-state index >= 15 is 0 Å². The van der Waals surface area contributed by atoms with Gasteiger partial charge in [-0.25, -0.2) is 0 Å². The average molecular weight is 314 g/mol. The number of carbonyl (C=O) groups is 2. The van der Waals surface area contributed by atoms with Crippen molar-refractivity contribution >= 4 is 11.9 Å². The highest BCUT2D eigenvalue weighted by Crippen LogP contribution is 2.17. The minimum atomic E-state index is -0.853. The van der Waals surface area contributed by atoms with Crippen molar-refractivity contribution in [2.24, 2.45) is 11.8 Å². The molecule has 0 aliphatic carbocycles. The van der Waals surface area contributed by atoms with E-state index in [-0.39, 0.29) is 18.6 Å². The Bertz CT molecular complexity index is 373.